The largest absolute Gasteiger partial charge is 0.480 e. The quantitative estimate of drug-likeness (QED) is 0.878. The average Bonchev–Trinajstić information content (AvgIpc) is 2.89. The molecule has 26 heavy (non-hydrogen) atoms. The molecule has 0 radical (unpaired) electrons. The first-order valence-electron chi connectivity index (χ1n) is 8.11. The highest BCUT2D eigenvalue weighted by Gasteiger charge is 2.41. The molecule has 144 valence electrons. The second-order valence-corrected chi connectivity index (χ2v) is 7.34. The summed E-state index contributed by atoms with van der Waals surface area (Å²) < 4.78 is 42.9. The highest BCUT2D eigenvalue weighted by molar-refractivity contribution is 5.81. The van der Waals surface area contributed by atoms with Crippen molar-refractivity contribution in [3.63, 3.8) is 0 Å². The molecular weight excluding hydrogens is 353 g/mol. The van der Waals surface area contributed by atoms with Crippen molar-refractivity contribution < 1.29 is 32.6 Å². The number of halogens is 3. The van der Waals surface area contributed by atoms with Crippen LogP contribution in [-0.2, 0) is 22.1 Å². The van der Waals surface area contributed by atoms with Crippen LogP contribution in [0.4, 0.5) is 18.0 Å². The zero-order valence-electron chi connectivity index (χ0n) is 14.7. The van der Waals surface area contributed by atoms with E-state index in [9.17, 15) is 27.9 Å². The van der Waals surface area contributed by atoms with Crippen molar-refractivity contribution in [2.45, 2.75) is 51.4 Å². The molecule has 0 saturated carbocycles. The molecule has 1 aliphatic heterocycles. The molecule has 0 aliphatic carbocycles. The van der Waals surface area contributed by atoms with Crippen LogP contribution in [0.5, 0.6) is 0 Å². The first-order valence-corrected chi connectivity index (χ1v) is 8.11. The van der Waals surface area contributed by atoms with Crippen molar-refractivity contribution in [3.8, 4) is 0 Å². The van der Waals surface area contributed by atoms with E-state index in [1.54, 1.807) is 20.8 Å². The van der Waals surface area contributed by atoms with E-state index in [0.29, 0.717) is 12.0 Å². The summed E-state index contributed by atoms with van der Waals surface area (Å²) >= 11 is 0. The molecule has 1 aromatic heterocycles. The minimum atomic E-state index is -4.51. The van der Waals surface area contributed by atoms with Gasteiger partial charge < -0.3 is 9.84 Å². The number of ether oxygens (including phenoxy) is 1. The van der Waals surface area contributed by atoms with Crippen molar-refractivity contribution in [2.75, 3.05) is 6.54 Å². The van der Waals surface area contributed by atoms with E-state index in [2.05, 4.69) is 4.98 Å². The number of carboxylic acids is 1. The van der Waals surface area contributed by atoms with Crippen molar-refractivity contribution >= 4 is 12.1 Å². The van der Waals surface area contributed by atoms with Crippen molar-refractivity contribution in [2.24, 2.45) is 5.92 Å². The number of hydrogen-bond donors (Lipinski definition) is 1. The number of pyridine rings is 1. The predicted molar refractivity (Wildman–Crippen MR) is 85.4 cm³/mol. The molecule has 9 heteroatoms. The Bertz CT molecular complexity index is 668. The van der Waals surface area contributed by atoms with E-state index in [1.807, 2.05) is 0 Å². The molecule has 1 amide bonds. The molecule has 2 unspecified atom stereocenters. The van der Waals surface area contributed by atoms with Crippen LogP contribution in [0.25, 0.3) is 0 Å². The van der Waals surface area contributed by atoms with Gasteiger partial charge in [-0.05, 0) is 51.2 Å². The molecule has 1 saturated heterocycles. The number of aromatic nitrogens is 1. The van der Waals surface area contributed by atoms with Crippen LogP contribution >= 0.6 is 0 Å². The number of rotatable bonds is 3. The molecule has 0 aromatic carbocycles. The van der Waals surface area contributed by atoms with Gasteiger partial charge in [-0.25, -0.2) is 9.59 Å². The Morgan fingerprint density at radius 2 is 1.96 bits per heavy atom. The number of nitrogens with zero attached hydrogens (tertiary/aromatic N) is 2. The molecule has 1 fully saturated rings. The number of alkyl halides is 3. The lowest BCUT2D eigenvalue weighted by Gasteiger charge is -2.26. The van der Waals surface area contributed by atoms with Crippen LogP contribution < -0.4 is 0 Å². The first-order chi connectivity index (χ1) is 11.9. The number of aliphatic carboxylic acids is 1. The second-order valence-electron chi connectivity index (χ2n) is 7.34. The molecule has 1 N–H and O–H groups in total. The SMILES string of the molecule is CC(C)(C)OC(=O)N1CC(Cc2ccc(C(F)(F)F)nc2)CC1C(=O)O. The van der Waals surface area contributed by atoms with Gasteiger partial charge in [0.1, 0.15) is 17.3 Å². The lowest BCUT2D eigenvalue weighted by Crippen LogP contribution is -2.43. The Morgan fingerprint density at radius 1 is 1.31 bits per heavy atom. The van der Waals surface area contributed by atoms with Gasteiger partial charge in [0.15, 0.2) is 0 Å². The molecule has 0 spiro atoms. The Balaban J connectivity index is 2.07. The number of hydrogen-bond acceptors (Lipinski definition) is 4. The lowest BCUT2D eigenvalue weighted by molar-refractivity contribution is -0.142. The van der Waals surface area contributed by atoms with Crippen molar-refractivity contribution in [3.05, 3.63) is 29.6 Å². The molecule has 2 heterocycles. The van der Waals surface area contributed by atoms with Crippen LogP contribution in [0.15, 0.2) is 18.3 Å². The van der Waals surface area contributed by atoms with Gasteiger partial charge in [-0.1, -0.05) is 6.07 Å². The van der Waals surface area contributed by atoms with E-state index >= 15 is 0 Å². The minimum absolute atomic E-state index is 0.160. The maximum Gasteiger partial charge on any atom is 0.433 e. The Labute approximate surface area is 149 Å². The summed E-state index contributed by atoms with van der Waals surface area (Å²) in [6, 6.07) is 1.20. The molecule has 1 aliphatic rings. The summed E-state index contributed by atoms with van der Waals surface area (Å²) in [5.41, 5.74) is -1.18. The summed E-state index contributed by atoms with van der Waals surface area (Å²) in [5.74, 6) is -1.34. The monoisotopic (exact) mass is 374 g/mol. The third-order valence-electron chi connectivity index (χ3n) is 3.94. The summed E-state index contributed by atoms with van der Waals surface area (Å²) in [7, 11) is 0. The van der Waals surface area contributed by atoms with Gasteiger partial charge in [0.05, 0.1) is 0 Å². The summed E-state index contributed by atoms with van der Waals surface area (Å²) in [6.45, 7) is 5.21. The van der Waals surface area contributed by atoms with E-state index in [0.717, 1.165) is 17.2 Å². The topological polar surface area (TPSA) is 79.7 Å². The molecular formula is C17H21F3N2O4. The standard InChI is InChI=1S/C17H21F3N2O4/c1-16(2,3)26-15(25)22-9-11(7-12(22)14(23)24)6-10-4-5-13(21-8-10)17(18,19)20/h4-5,8,11-12H,6-7,9H2,1-3H3,(H,23,24). The van der Waals surface area contributed by atoms with Gasteiger partial charge in [-0.3, -0.25) is 9.88 Å². The second kappa shape index (κ2) is 7.13. The van der Waals surface area contributed by atoms with Gasteiger partial charge in [0.2, 0.25) is 0 Å². The van der Waals surface area contributed by atoms with Crippen LogP contribution in [0, 0.1) is 5.92 Å². The maximum atomic E-state index is 12.6. The molecule has 2 rings (SSSR count). The predicted octanol–water partition coefficient (Wildman–Crippen LogP) is 3.35. The summed E-state index contributed by atoms with van der Waals surface area (Å²) in [4.78, 5) is 28.2. The van der Waals surface area contributed by atoms with E-state index in [4.69, 9.17) is 4.74 Å². The minimum Gasteiger partial charge on any atom is -0.480 e. The van der Waals surface area contributed by atoms with E-state index in [-0.39, 0.29) is 18.9 Å². The summed E-state index contributed by atoms with van der Waals surface area (Å²) in [6.07, 6.45) is -3.55. The van der Waals surface area contributed by atoms with E-state index < -0.39 is 35.6 Å². The van der Waals surface area contributed by atoms with E-state index in [1.165, 1.54) is 6.07 Å². The highest BCUT2D eigenvalue weighted by atomic mass is 19.4. The smallest absolute Gasteiger partial charge is 0.433 e. The molecule has 0 bridgehead atoms. The number of likely N-dealkylation sites (tertiary alicyclic amines) is 1. The van der Waals surface area contributed by atoms with Crippen LogP contribution in [0.3, 0.4) is 0 Å². The van der Waals surface area contributed by atoms with Crippen molar-refractivity contribution in [1.29, 1.82) is 0 Å². The number of carbonyl (C=O) groups excluding carboxylic acids is 1. The Morgan fingerprint density at radius 3 is 2.42 bits per heavy atom. The molecule has 1 aromatic rings. The van der Waals surface area contributed by atoms with Crippen LogP contribution in [0.2, 0.25) is 0 Å². The third-order valence-corrected chi connectivity index (χ3v) is 3.94. The number of amides is 1. The summed E-state index contributed by atoms with van der Waals surface area (Å²) in [5, 5.41) is 9.35. The zero-order valence-corrected chi connectivity index (χ0v) is 14.7. The van der Waals surface area contributed by atoms with Crippen molar-refractivity contribution in [1.82, 2.24) is 9.88 Å². The third kappa shape index (κ3) is 5.09. The normalized spacial score (nSPS) is 20.9. The fourth-order valence-electron chi connectivity index (χ4n) is 2.87. The average molecular weight is 374 g/mol. The molecule has 2 atom stereocenters. The fourth-order valence-corrected chi connectivity index (χ4v) is 2.87. The molecule has 6 nitrogen and oxygen atoms in total. The zero-order chi connectivity index (χ0) is 19.7. The Hall–Kier alpha value is -2.32. The van der Waals surface area contributed by atoms with Gasteiger partial charge in [-0.2, -0.15) is 13.2 Å². The fraction of sp³-hybridized carbons (Fsp3) is 0.588. The maximum absolute atomic E-state index is 12.6. The number of carbonyl (C=O) groups is 2. The van der Waals surface area contributed by atoms with Gasteiger partial charge in [-0.15, -0.1) is 0 Å². The van der Waals surface area contributed by atoms with Gasteiger partial charge in [0.25, 0.3) is 0 Å². The lowest BCUT2D eigenvalue weighted by atomic mass is 9.97. The van der Waals surface area contributed by atoms with Crippen LogP contribution in [0.1, 0.15) is 38.4 Å². The first kappa shape index (κ1) is 20.0. The van der Waals surface area contributed by atoms with Gasteiger partial charge in [0, 0.05) is 12.7 Å². The van der Waals surface area contributed by atoms with Crippen LogP contribution in [-0.4, -0.2) is 45.2 Å². The van der Waals surface area contributed by atoms with Gasteiger partial charge >= 0.3 is 18.2 Å². The number of carboxylic acid groups (broad SMARTS) is 1. The Kier molecular flexibility index (Phi) is 5.48. The highest BCUT2D eigenvalue weighted by Crippen LogP contribution is 2.30.